The predicted octanol–water partition coefficient (Wildman–Crippen LogP) is 15.0. The lowest BCUT2D eigenvalue weighted by molar-refractivity contribution is 0.769. The number of rotatable bonds is 10. The maximum atomic E-state index is 9.77. The topological polar surface area (TPSA) is 54.1 Å². The van der Waals surface area contributed by atoms with Crippen molar-refractivity contribution in [2.45, 2.75) is 44.7 Å². The highest BCUT2D eigenvalue weighted by Gasteiger charge is 2.48. The van der Waals surface area contributed by atoms with Gasteiger partial charge in [0.05, 0.1) is 50.5 Å². The average Bonchev–Trinajstić information content (AvgIpc) is 3.65. The Kier molecular flexibility index (Phi) is 10.9. The van der Waals surface area contributed by atoms with E-state index >= 15 is 0 Å². The second-order valence-electron chi connectivity index (χ2n) is 19.7. The summed E-state index contributed by atoms with van der Waals surface area (Å²) in [6.45, 7) is 14.5. The molecule has 0 bridgehead atoms. The minimum absolute atomic E-state index is 0.593. The van der Waals surface area contributed by atoms with E-state index in [4.69, 9.17) is 0 Å². The lowest BCUT2D eigenvalue weighted by Gasteiger charge is -2.36. The van der Waals surface area contributed by atoms with Gasteiger partial charge >= 0.3 is 0 Å². The minimum Gasteiger partial charge on any atom is -0.310 e. The third-order valence-electron chi connectivity index (χ3n) is 13.5. The Labute approximate surface area is 397 Å². The zero-order valence-electron chi connectivity index (χ0n) is 38.9. The Morgan fingerprint density at radius 1 is 0.388 bits per heavy atom. The van der Waals surface area contributed by atoms with Crippen molar-refractivity contribution in [3.63, 3.8) is 0 Å². The fourth-order valence-electron chi connectivity index (χ4n) is 10.1. The second kappa shape index (κ2) is 16.9. The summed E-state index contributed by atoms with van der Waals surface area (Å²) in [4.78, 5) is 4.71. The molecule has 0 fully saturated rings. The molecule has 324 valence electrons. The van der Waals surface area contributed by atoms with Gasteiger partial charge in [-0.2, -0.15) is 10.5 Å². The van der Waals surface area contributed by atoms with Crippen LogP contribution in [0.4, 0.5) is 34.1 Å². The number of hydrogen-bond donors (Lipinski definition) is 0. The van der Waals surface area contributed by atoms with E-state index in [-0.39, 0.29) is 0 Å². The molecule has 0 aliphatic heterocycles. The molecule has 6 heteroatoms. The first-order chi connectivity index (χ1) is 32.4. The molecule has 0 radical (unpaired) electrons. The maximum absolute atomic E-state index is 9.77. The summed E-state index contributed by atoms with van der Waals surface area (Å²) >= 11 is 0. The zero-order chi connectivity index (χ0) is 46.5. The summed E-state index contributed by atoms with van der Waals surface area (Å²) in [7, 11) is -3.15. The van der Waals surface area contributed by atoms with Crippen LogP contribution in [-0.4, -0.2) is 16.1 Å². The molecule has 0 spiro atoms. The van der Waals surface area contributed by atoms with Crippen molar-refractivity contribution in [2.75, 3.05) is 9.80 Å². The van der Waals surface area contributed by atoms with Crippen LogP contribution in [0, 0.1) is 22.7 Å². The predicted molar refractivity (Wildman–Crippen MR) is 286 cm³/mol. The van der Waals surface area contributed by atoms with Crippen LogP contribution in [0.1, 0.15) is 33.4 Å². The van der Waals surface area contributed by atoms with Gasteiger partial charge in [-0.1, -0.05) is 165 Å². The lowest BCUT2D eigenvalue weighted by Crippen LogP contribution is -2.37. The summed E-state index contributed by atoms with van der Waals surface area (Å²) < 4.78 is 0. The third kappa shape index (κ3) is 7.55. The van der Waals surface area contributed by atoms with Crippen LogP contribution in [0.3, 0.4) is 0 Å². The highest BCUT2D eigenvalue weighted by atomic mass is 28.3. The summed E-state index contributed by atoms with van der Waals surface area (Å²) in [5, 5.41) is 24.8. The monoisotopic (exact) mass is 896 g/mol. The molecule has 1 aliphatic rings. The van der Waals surface area contributed by atoms with E-state index in [1.54, 1.807) is 0 Å². The van der Waals surface area contributed by atoms with Gasteiger partial charge < -0.3 is 9.80 Å². The fraction of sp³-hybridized carbons (Fsp3) is 0.115. The highest BCUT2D eigenvalue weighted by Crippen LogP contribution is 2.60. The van der Waals surface area contributed by atoms with E-state index in [0.717, 1.165) is 34.1 Å². The first-order valence-corrected chi connectivity index (χ1v) is 30.0. The molecule has 0 aromatic heterocycles. The second-order valence-corrected chi connectivity index (χ2v) is 29.8. The first kappa shape index (κ1) is 43.2. The Morgan fingerprint density at radius 2 is 0.791 bits per heavy atom. The van der Waals surface area contributed by atoms with Crippen LogP contribution in [0.25, 0.3) is 21.9 Å². The largest absolute Gasteiger partial charge is 0.310 e. The van der Waals surface area contributed by atoms with Crippen LogP contribution in [0.15, 0.2) is 206 Å². The number of nitrogens with zero attached hydrogens (tertiary/aromatic N) is 4. The Hall–Kier alpha value is -7.75. The van der Waals surface area contributed by atoms with E-state index in [0.29, 0.717) is 11.1 Å². The molecule has 0 atom stereocenters. The van der Waals surface area contributed by atoms with Crippen molar-refractivity contribution in [1.82, 2.24) is 0 Å². The third-order valence-corrected chi connectivity index (χ3v) is 17.6. The van der Waals surface area contributed by atoms with Crippen LogP contribution in [0.5, 0.6) is 0 Å². The van der Waals surface area contributed by atoms with Gasteiger partial charge in [0.1, 0.15) is 0 Å². The number of nitriles is 2. The van der Waals surface area contributed by atoms with Gasteiger partial charge in [-0.15, -0.1) is 0 Å². The van der Waals surface area contributed by atoms with E-state index in [1.807, 2.05) is 48.5 Å². The normalized spacial score (nSPS) is 12.7. The summed E-state index contributed by atoms with van der Waals surface area (Å²) in [5.74, 6) is 0. The molecular formula is C61H52N4Si2. The fourth-order valence-corrected chi connectivity index (χ4v) is 12.4. The molecule has 0 saturated carbocycles. The van der Waals surface area contributed by atoms with Gasteiger partial charge in [0.15, 0.2) is 0 Å². The lowest BCUT2D eigenvalue weighted by atomic mass is 9.67. The SMILES string of the molecule is C[Si](C)(C)c1ccc(N(c2ccc([Si](C)(C)C)cc2)c2cc3c(c4ccccc24)-c2ccc(N(c4ccc(C#N)cc4)c4ccc(C#N)cc4)cc2C3(c2ccccc2)c2ccccc2)cc1. The Morgan fingerprint density at radius 3 is 1.24 bits per heavy atom. The number of fused-ring (bicyclic) bond motifs is 5. The molecule has 0 saturated heterocycles. The van der Waals surface area contributed by atoms with E-state index in [2.05, 4.69) is 219 Å². The summed E-state index contributed by atoms with van der Waals surface area (Å²) in [5.41, 5.74) is 13.7. The van der Waals surface area contributed by atoms with Gasteiger partial charge in [0, 0.05) is 33.8 Å². The Balaban J connectivity index is 1.30. The van der Waals surface area contributed by atoms with Crippen LogP contribution >= 0.6 is 0 Å². The van der Waals surface area contributed by atoms with Crippen LogP contribution < -0.4 is 20.2 Å². The van der Waals surface area contributed by atoms with Crippen molar-refractivity contribution in [1.29, 1.82) is 10.5 Å². The smallest absolute Gasteiger partial charge is 0.0991 e. The molecule has 9 aromatic carbocycles. The standard InChI is InChI=1S/C61H52N4Si2/c1-66(2,3)52-34-29-49(30-35-52)65(50-31-36-53(37-32-50)67(4,5)6)59-40-58-60(55-20-14-13-19-54(55)59)56-38-33-51(39-57(56)61(58,45-15-9-7-10-16-45)46-17-11-8-12-18-46)64(47-25-21-43(41-62)22-26-47)48-27-23-44(42-63)24-28-48/h7-40H,1-6H3. The molecular weight excluding hydrogens is 845 g/mol. The van der Waals surface area contributed by atoms with Crippen molar-refractivity contribution in [3.8, 4) is 23.3 Å². The molecule has 67 heavy (non-hydrogen) atoms. The quantitative estimate of drug-likeness (QED) is 0.128. The molecule has 10 rings (SSSR count). The summed E-state index contributed by atoms with van der Waals surface area (Å²) in [6.07, 6.45) is 0. The maximum Gasteiger partial charge on any atom is 0.0991 e. The van der Waals surface area contributed by atoms with Crippen molar-refractivity contribution in [3.05, 3.63) is 240 Å². The molecule has 0 heterocycles. The average molecular weight is 897 g/mol. The molecule has 9 aromatic rings. The highest BCUT2D eigenvalue weighted by molar-refractivity contribution is 6.89. The van der Waals surface area contributed by atoms with E-state index in [9.17, 15) is 10.5 Å². The van der Waals surface area contributed by atoms with Crippen molar-refractivity contribution < 1.29 is 0 Å². The molecule has 1 aliphatic carbocycles. The number of anilines is 6. The number of hydrogen-bond acceptors (Lipinski definition) is 4. The molecule has 0 unspecified atom stereocenters. The van der Waals surface area contributed by atoms with E-state index in [1.165, 1.54) is 54.5 Å². The molecule has 0 N–H and O–H groups in total. The van der Waals surface area contributed by atoms with Gasteiger partial charge in [-0.05, 0) is 130 Å². The Bertz CT molecular complexity index is 3200. The van der Waals surface area contributed by atoms with Gasteiger partial charge in [0.25, 0.3) is 0 Å². The van der Waals surface area contributed by atoms with Crippen LogP contribution in [-0.2, 0) is 5.41 Å². The zero-order valence-corrected chi connectivity index (χ0v) is 40.9. The minimum atomic E-state index is -1.57. The van der Waals surface area contributed by atoms with Crippen LogP contribution in [0.2, 0.25) is 39.3 Å². The van der Waals surface area contributed by atoms with Gasteiger partial charge in [-0.25, -0.2) is 0 Å². The van der Waals surface area contributed by atoms with Gasteiger partial charge in [0.2, 0.25) is 0 Å². The number of benzene rings is 9. The van der Waals surface area contributed by atoms with Gasteiger partial charge in [-0.3, -0.25) is 0 Å². The first-order valence-electron chi connectivity index (χ1n) is 23.0. The summed E-state index contributed by atoms with van der Waals surface area (Å²) in [6, 6.07) is 79.1. The molecule has 0 amide bonds. The van der Waals surface area contributed by atoms with Crippen molar-refractivity contribution in [2.24, 2.45) is 0 Å². The molecule has 4 nitrogen and oxygen atoms in total. The van der Waals surface area contributed by atoms with E-state index < -0.39 is 21.6 Å². The van der Waals surface area contributed by atoms with Crippen molar-refractivity contribution >= 4 is 71.4 Å².